The summed E-state index contributed by atoms with van der Waals surface area (Å²) in [5, 5.41) is 2.92. The number of nitrogens with zero attached hydrogens (tertiary/aromatic N) is 3. The van der Waals surface area contributed by atoms with E-state index in [4.69, 9.17) is 4.84 Å². The average Bonchev–Trinajstić information content (AvgIpc) is 3.60. The highest BCUT2D eigenvalue weighted by atomic mass is 32.2. The molecule has 2 amide bonds. The Morgan fingerprint density at radius 1 is 0.942 bits per heavy atom. The lowest BCUT2D eigenvalue weighted by Gasteiger charge is -2.25. The molecule has 3 aromatic carbocycles. The molecule has 11 heteroatoms. The molecule has 10 nitrogen and oxygen atoms in total. The number of hydrogen-bond acceptors (Lipinski definition) is 8. The molecule has 3 aromatic rings. The SMILES string of the molecule is CCN1C(=CC=CC=CC2=[N+](CCCCS(=O)(=O)[O-])c3ccc4ccccc4c3C2(C)C)C(C)(C)c2cc(CC(=O)ON3C(=O)CCC3=O)ccc21. The lowest BCUT2D eigenvalue weighted by atomic mass is 9.79. The molecule has 0 atom stereocenters. The van der Waals surface area contributed by atoms with Gasteiger partial charge in [-0.2, -0.15) is 4.58 Å². The van der Waals surface area contributed by atoms with Crippen LogP contribution in [-0.2, 0) is 46.6 Å². The van der Waals surface area contributed by atoms with Crippen LogP contribution in [-0.4, -0.2) is 64.9 Å². The molecule has 0 aliphatic carbocycles. The standard InChI is InChI=1S/C41H45N3O7S/c1-6-42-32-20-18-28(27-38(47)51-44-36(45)22-23-37(44)46)26-31(32)40(2,3)34(42)16-8-7-9-17-35-41(4,5)39-30-15-11-10-14-29(30)19-21-33(39)43(35)24-12-13-25-52(48,49)50/h7-11,14-21,26H,6,12-13,22-25,27H2,1-5H3. The topological polar surface area (TPSA) is 127 Å². The number of anilines is 1. The summed E-state index contributed by atoms with van der Waals surface area (Å²) in [6.07, 6.45) is 11.2. The van der Waals surface area contributed by atoms with Gasteiger partial charge in [0.1, 0.15) is 6.54 Å². The maximum Gasteiger partial charge on any atom is 0.337 e. The fourth-order valence-electron chi connectivity index (χ4n) is 7.81. The summed E-state index contributed by atoms with van der Waals surface area (Å²) in [6.45, 7) is 12.1. The summed E-state index contributed by atoms with van der Waals surface area (Å²) in [5.74, 6) is -2.04. The van der Waals surface area contributed by atoms with Crippen LogP contribution in [0.2, 0.25) is 0 Å². The smallest absolute Gasteiger partial charge is 0.337 e. The number of rotatable bonds is 12. The third kappa shape index (κ3) is 7.12. The molecule has 0 unspecified atom stereocenters. The van der Waals surface area contributed by atoms with E-state index in [1.807, 2.05) is 48.6 Å². The summed E-state index contributed by atoms with van der Waals surface area (Å²) in [5.41, 5.74) is 6.66. The minimum absolute atomic E-state index is 0.0487. The Kier molecular flexibility index (Phi) is 10.1. The first-order chi connectivity index (χ1) is 24.6. The van der Waals surface area contributed by atoms with Gasteiger partial charge in [0, 0.05) is 66.1 Å². The van der Waals surface area contributed by atoms with E-state index in [2.05, 4.69) is 80.5 Å². The van der Waals surface area contributed by atoms with Crippen LogP contribution in [0.4, 0.5) is 11.4 Å². The number of imide groups is 1. The van der Waals surface area contributed by atoms with Crippen molar-refractivity contribution in [3.8, 4) is 0 Å². The van der Waals surface area contributed by atoms with Crippen LogP contribution in [0.1, 0.15) is 77.0 Å². The van der Waals surface area contributed by atoms with Crippen molar-refractivity contribution < 1.29 is 36.8 Å². The molecule has 6 rings (SSSR count). The van der Waals surface area contributed by atoms with Crippen molar-refractivity contribution in [3.05, 3.63) is 107 Å². The molecule has 0 aromatic heterocycles. The van der Waals surface area contributed by atoms with Crippen molar-refractivity contribution in [2.24, 2.45) is 0 Å². The Morgan fingerprint density at radius 2 is 1.67 bits per heavy atom. The molecule has 0 N–H and O–H groups in total. The number of likely N-dealkylation sites (N-methyl/N-ethyl adjacent to an activating group) is 1. The van der Waals surface area contributed by atoms with E-state index in [9.17, 15) is 27.4 Å². The molecule has 1 fully saturated rings. The van der Waals surface area contributed by atoms with Crippen molar-refractivity contribution in [3.63, 3.8) is 0 Å². The van der Waals surface area contributed by atoms with Crippen molar-refractivity contribution in [1.29, 1.82) is 0 Å². The first-order valence-electron chi connectivity index (χ1n) is 17.8. The lowest BCUT2D eigenvalue weighted by Crippen LogP contribution is -2.32. The number of carbonyl (C=O) groups is 3. The van der Waals surface area contributed by atoms with E-state index < -0.39 is 27.9 Å². The van der Waals surface area contributed by atoms with Crippen LogP contribution in [0.15, 0.2) is 90.7 Å². The zero-order valence-electron chi connectivity index (χ0n) is 30.3. The van der Waals surface area contributed by atoms with Crippen molar-refractivity contribution in [2.75, 3.05) is 23.7 Å². The first kappa shape index (κ1) is 36.9. The molecule has 3 aliphatic rings. The van der Waals surface area contributed by atoms with Gasteiger partial charge in [-0.3, -0.25) is 9.59 Å². The number of carbonyl (C=O) groups excluding carboxylic acids is 3. The summed E-state index contributed by atoms with van der Waals surface area (Å²) < 4.78 is 36.1. The Bertz CT molecular complexity index is 2180. The Balaban J connectivity index is 1.23. The second-order valence-corrected chi connectivity index (χ2v) is 16.1. The molecular formula is C41H45N3O7S. The highest BCUT2D eigenvalue weighted by molar-refractivity contribution is 7.85. The van der Waals surface area contributed by atoms with Crippen LogP contribution in [0, 0.1) is 0 Å². The second kappa shape index (κ2) is 14.3. The van der Waals surface area contributed by atoms with Crippen LogP contribution in [0.3, 0.4) is 0 Å². The maximum absolute atomic E-state index is 12.6. The number of hydrogen-bond donors (Lipinski definition) is 0. The normalized spacial score (nSPS) is 18.8. The van der Waals surface area contributed by atoms with E-state index in [-0.39, 0.29) is 35.8 Å². The zero-order chi connectivity index (χ0) is 37.4. The molecule has 1 saturated heterocycles. The molecule has 0 bridgehead atoms. The van der Waals surface area contributed by atoms with Crippen LogP contribution in [0.5, 0.6) is 0 Å². The van der Waals surface area contributed by atoms with Gasteiger partial charge in [0.2, 0.25) is 5.69 Å². The van der Waals surface area contributed by atoms with Gasteiger partial charge in [-0.25, -0.2) is 13.2 Å². The van der Waals surface area contributed by atoms with Gasteiger partial charge in [-0.1, -0.05) is 68.5 Å². The van der Waals surface area contributed by atoms with E-state index in [1.165, 1.54) is 10.9 Å². The monoisotopic (exact) mass is 723 g/mol. The zero-order valence-corrected chi connectivity index (χ0v) is 31.2. The predicted octanol–water partition coefficient (Wildman–Crippen LogP) is 6.51. The molecular weight excluding hydrogens is 679 g/mol. The Labute approximate surface area is 305 Å². The minimum Gasteiger partial charge on any atom is -0.748 e. The Hall–Kier alpha value is -4.87. The summed E-state index contributed by atoms with van der Waals surface area (Å²) >= 11 is 0. The van der Waals surface area contributed by atoms with E-state index in [0.717, 1.165) is 45.8 Å². The predicted molar refractivity (Wildman–Crippen MR) is 200 cm³/mol. The molecule has 0 saturated carbocycles. The quantitative estimate of drug-likeness (QED) is 0.0681. The Morgan fingerprint density at radius 3 is 2.38 bits per heavy atom. The molecule has 3 heterocycles. The minimum atomic E-state index is -4.27. The molecule has 3 aliphatic heterocycles. The summed E-state index contributed by atoms with van der Waals surface area (Å²) in [7, 11) is -4.27. The average molecular weight is 724 g/mol. The van der Waals surface area contributed by atoms with Gasteiger partial charge in [-0.05, 0) is 67.3 Å². The molecule has 52 heavy (non-hydrogen) atoms. The fraction of sp³-hybridized carbons (Fsp3) is 0.366. The fourth-order valence-corrected chi connectivity index (χ4v) is 8.37. The van der Waals surface area contributed by atoms with Crippen molar-refractivity contribution >= 4 is 55.8 Å². The van der Waals surface area contributed by atoms with Gasteiger partial charge >= 0.3 is 5.97 Å². The molecule has 272 valence electrons. The van der Waals surface area contributed by atoms with E-state index in [0.29, 0.717) is 24.4 Å². The van der Waals surface area contributed by atoms with Crippen LogP contribution in [0.25, 0.3) is 10.8 Å². The number of hydroxylamine groups is 2. The van der Waals surface area contributed by atoms with Crippen LogP contribution < -0.4 is 4.90 Å². The summed E-state index contributed by atoms with van der Waals surface area (Å²) in [4.78, 5) is 43.8. The third-order valence-electron chi connectivity index (χ3n) is 10.3. The van der Waals surface area contributed by atoms with E-state index >= 15 is 0 Å². The van der Waals surface area contributed by atoms with Gasteiger partial charge in [0.25, 0.3) is 11.8 Å². The van der Waals surface area contributed by atoms with Gasteiger partial charge in [0.05, 0.1) is 22.0 Å². The summed E-state index contributed by atoms with van der Waals surface area (Å²) in [6, 6.07) is 18.5. The van der Waals surface area contributed by atoms with Gasteiger partial charge < -0.3 is 14.3 Å². The lowest BCUT2D eigenvalue weighted by molar-refractivity contribution is -0.438. The van der Waals surface area contributed by atoms with Gasteiger partial charge in [-0.15, -0.1) is 5.06 Å². The van der Waals surface area contributed by atoms with E-state index in [1.54, 1.807) is 0 Å². The number of fused-ring (bicyclic) bond motifs is 4. The number of amides is 2. The van der Waals surface area contributed by atoms with Crippen LogP contribution >= 0.6 is 0 Å². The van der Waals surface area contributed by atoms with Gasteiger partial charge in [0.15, 0.2) is 5.71 Å². The molecule has 0 radical (unpaired) electrons. The largest absolute Gasteiger partial charge is 0.748 e. The third-order valence-corrected chi connectivity index (χ3v) is 11.1. The second-order valence-electron chi connectivity index (χ2n) is 14.6. The highest BCUT2D eigenvalue weighted by Gasteiger charge is 2.45. The maximum atomic E-state index is 12.6. The first-order valence-corrected chi connectivity index (χ1v) is 19.3. The molecule has 0 spiro atoms. The number of benzene rings is 3. The number of allylic oxidation sites excluding steroid dienone is 6. The number of unbranched alkanes of at least 4 members (excludes halogenated alkanes) is 1. The van der Waals surface area contributed by atoms with Crippen molar-refractivity contribution in [2.45, 2.75) is 77.6 Å². The highest BCUT2D eigenvalue weighted by Crippen LogP contribution is 2.48. The van der Waals surface area contributed by atoms with Crippen molar-refractivity contribution in [1.82, 2.24) is 5.06 Å².